The van der Waals surface area contributed by atoms with Gasteiger partial charge in [0, 0.05) is 5.69 Å². The van der Waals surface area contributed by atoms with Gasteiger partial charge in [-0.25, -0.2) is 4.98 Å². The van der Waals surface area contributed by atoms with Gasteiger partial charge in [0.2, 0.25) is 0 Å². The molecule has 15 heavy (non-hydrogen) atoms. The van der Waals surface area contributed by atoms with Crippen LogP contribution in [-0.4, -0.2) is 9.97 Å². The fraction of sp³-hybridized carbons (Fsp3) is 0.364. The maximum atomic E-state index is 5.91. The smallest absolute Gasteiger partial charge is 0.154 e. The Morgan fingerprint density at radius 2 is 2.40 bits per heavy atom. The Kier molecular flexibility index (Phi) is 2.60. The van der Waals surface area contributed by atoms with Gasteiger partial charge in [-0.2, -0.15) is 0 Å². The Morgan fingerprint density at radius 1 is 1.60 bits per heavy atom. The van der Waals surface area contributed by atoms with Gasteiger partial charge in [-0.1, -0.05) is 6.92 Å². The normalized spacial score (nSPS) is 13.0. The number of aryl methyl sites for hydroxylation is 1. The molecule has 0 saturated heterocycles. The summed E-state index contributed by atoms with van der Waals surface area (Å²) in [5, 5.41) is 0. The summed E-state index contributed by atoms with van der Waals surface area (Å²) in [5.41, 5.74) is 7.74. The van der Waals surface area contributed by atoms with Crippen LogP contribution in [0.5, 0.6) is 0 Å². The Labute approximate surface area is 88.5 Å². The third-order valence-electron chi connectivity index (χ3n) is 2.45. The topological polar surface area (TPSA) is 67.8 Å². The van der Waals surface area contributed by atoms with Gasteiger partial charge in [0.1, 0.15) is 11.5 Å². The number of nitrogens with one attached hydrogen (secondary N) is 1. The molecule has 0 aromatic carbocycles. The average Bonchev–Trinajstić information content (AvgIpc) is 2.84. The highest BCUT2D eigenvalue weighted by molar-refractivity contribution is 5.55. The van der Waals surface area contributed by atoms with Crippen LogP contribution in [0.15, 0.2) is 22.8 Å². The summed E-state index contributed by atoms with van der Waals surface area (Å²) in [6.07, 6.45) is 2.51. The van der Waals surface area contributed by atoms with Crippen LogP contribution in [0.1, 0.15) is 30.9 Å². The van der Waals surface area contributed by atoms with E-state index in [1.165, 1.54) is 0 Å². The van der Waals surface area contributed by atoms with Crippen LogP contribution in [0, 0.1) is 6.92 Å². The summed E-state index contributed by atoms with van der Waals surface area (Å²) in [7, 11) is 0. The number of aromatic nitrogens is 2. The second-order valence-electron chi connectivity index (χ2n) is 3.59. The zero-order chi connectivity index (χ0) is 10.8. The predicted octanol–water partition coefficient (Wildman–Crippen LogP) is 2.39. The fourth-order valence-corrected chi connectivity index (χ4v) is 1.51. The lowest BCUT2D eigenvalue weighted by atomic mass is 10.2. The van der Waals surface area contributed by atoms with E-state index >= 15 is 0 Å². The van der Waals surface area contributed by atoms with E-state index in [0.717, 1.165) is 29.4 Å². The van der Waals surface area contributed by atoms with Crippen LogP contribution in [-0.2, 0) is 0 Å². The molecule has 80 valence electrons. The van der Waals surface area contributed by atoms with Crippen molar-refractivity contribution in [2.75, 3.05) is 0 Å². The third-order valence-corrected chi connectivity index (χ3v) is 2.45. The van der Waals surface area contributed by atoms with Gasteiger partial charge in [0.15, 0.2) is 5.76 Å². The van der Waals surface area contributed by atoms with Crippen LogP contribution < -0.4 is 5.73 Å². The molecule has 0 aliphatic heterocycles. The van der Waals surface area contributed by atoms with Crippen LogP contribution in [0.25, 0.3) is 11.5 Å². The molecule has 0 aliphatic carbocycles. The molecule has 0 saturated carbocycles. The number of hydrogen-bond donors (Lipinski definition) is 2. The molecule has 0 radical (unpaired) electrons. The van der Waals surface area contributed by atoms with Gasteiger partial charge < -0.3 is 15.1 Å². The number of nitrogens with zero attached hydrogens (tertiary/aromatic N) is 1. The number of hydrogen-bond acceptors (Lipinski definition) is 3. The second-order valence-corrected chi connectivity index (χ2v) is 3.59. The standard InChI is InChI=1S/C11H15N3O/c1-3-8(12)11-13-7(2)10(14-11)9-5-4-6-15-9/h4-6,8H,3,12H2,1-2H3,(H,13,14). The third kappa shape index (κ3) is 1.80. The fourth-order valence-electron chi connectivity index (χ4n) is 1.51. The number of imidazole rings is 1. The molecular weight excluding hydrogens is 190 g/mol. The summed E-state index contributed by atoms with van der Waals surface area (Å²) in [4.78, 5) is 7.64. The first-order valence-corrected chi connectivity index (χ1v) is 5.08. The highest BCUT2D eigenvalue weighted by Gasteiger charge is 2.14. The molecule has 0 aliphatic rings. The lowest BCUT2D eigenvalue weighted by Crippen LogP contribution is -2.10. The molecular formula is C11H15N3O. The minimum atomic E-state index is -0.0348. The van der Waals surface area contributed by atoms with Crippen molar-refractivity contribution < 1.29 is 4.42 Å². The Bertz CT molecular complexity index is 431. The lowest BCUT2D eigenvalue weighted by molar-refractivity contribution is 0.579. The van der Waals surface area contributed by atoms with Crippen LogP contribution in [0.4, 0.5) is 0 Å². The van der Waals surface area contributed by atoms with Crippen molar-refractivity contribution in [2.24, 2.45) is 5.73 Å². The molecule has 1 unspecified atom stereocenters. The lowest BCUT2D eigenvalue weighted by Gasteiger charge is -2.02. The first-order valence-electron chi connectivity index (χ1n) is 5.08. The zero-order valence-corrected chi connectivity index (χ0v) is 8.95. The van der Waals surface area contributed by atoms with E-state index in [4.69, 9.17) is 10.2 Å². The minimum absolute atomic E-state index is 0.0348. The first-order chi connectivity index (χ1) is 7.22. The monoisotopic (exact) mass is 205 g/mol. The predicted molar refractivity (Wildman–Crippen MR) is 58.2 cm³/mol. The van der Waals surface area contributed by atoms with E-state index in [0.29, 0.717) is 0 Å². The number of nitrogens with two attached hydrogens (primary N) is 1. The summed E-state index contributed by atoms with van der Waals surface area (Å²) in [6, 6.07) is 3.71. The van der Waals surface area contributed by atoms with Crippen LogP contribution in [0.3, 0.4) is 0 Å². The highest BCUT2D eigenvalue weighted by atomic mass is 16.3. The van der Waals surface area contributed by atoms with E-state index < -0.39 is 0 Å². The molecule has 1 atom stereocenters. The van der Waals surface area contributed by atoms with Crippen LogP contribution in [0.2, 0.25) is 0 Å². The number of H-pyrrole nitrogens is 1. The van der Waals surface area contributed by atoms with Crippen molar-refractivity contribution in [2.45, 2.75) is 26.3 Å². The molecule has 0 spiro atoms. The quantitative estimate of drug-likeness (QED) is 0.808. The van der Waals surface area contributed by atoms with E-state index in [1.54, 1.807) is 6.26 Å². The van der Waals surface area contributed by atoms with E-state index in [1.807, 2.05) is 26.0 Å². The van der Waals surface area contributed by atoms with Gasteiger partial charge in [-0.3, -0.25) is 0 Å². The molecule has 3 N–H and O–H groups in total. The Balaban J connectivity index is 2.38. The molecule has 0 fully saturated rings. The molecule has 4 heteroatoms. The van der Waals surface area contributed by atoms with E-state index in [-0.39, 0.29) is 6.04 Å². The summed E-state index contributed by atoms with van der Waals surface area (Å²) in [5.74, 6) is 1.60. The van der Waals surface area contributed by atoms with Crippen molar-refractivity contribution in [1.82, 2.24) is 9.97 Å². The molecule has 0 bridgehead atoms. The SMILES string of the molecule is CCC(N)c1nc(-c2ccco2)c(C)[nH]1. The summed E-state index contributed by atoms with van der Waals surface area (Å²) >= 11 is 0. The number of furan rings is 1. The van der Waals surface area contributed by atoms with Gasteiger partial charge in [-0.15, -0.1) is 0 Å². The Morgan fingerprint density at radius 3 is 3.00 bits per heavy atom. The van der Waals surface area contributed by atoms with Crippen LogP contribution >= 0.6 is 0 Å². The van der Waals surface area contributed by atoms with Gasteiger partial charge in [0.05, 0.1) is 12.3 Å². The van der Waals surface area contributed by atoms with E-state index in [2.05, 4.69) is 9.97 Å². The number of aromatic amines is 1. The van der Waals surface area contributed by atoms with Crippen molar-refractivity contribution in [1.29, 1.82) is 0 Å². The van der Waals surface area contributed by atoms with Crippen molar-refractivity contribution >= 4 is 0 Å². The second kappa shape index (κ2) is 3.90. The molecule has 2 rings (SSSR count). The maximum absolute atomic E-state index is 5.91. The largest absolute Gasteiger partial charge is 0.463 e. The molecule has 4 nitrogen and oxygen atoms in total. The Hall–Kier alpha value is -1.55. The minimum Gasteiger partial charge on any atom is -0.463 e. The van der Waals surface area contributed by atoms with Crippen molar-refractivity contribution in [3.05, 3.63) is 29.9 Å². The number of rotatable bonds is 3. The van der Waals surface area contributed by atoms with Gasteiger partial charge in [-0.05, 0) is 25.5 Å². The molecule has 0 amide bonds. The van der Waals surface area contributed by atoms with Gasteiger partial charge in [0.25, 0.3) is 0 Å². The highest BCUT2D eigenvalue weighted by Crippen LogP contribution is 2.23. The van der Waals surface area contributed by atoms with E-state index in [9.17, 15) is 0 Å². The molecule has 2 aromatic rings. The summed E-state index contributed by atoms with van der Waals surface area (Å²) < 4.78 is 5.30. The zero-order valence-electron chi connectivity index (χ0n) is 8.95. The molecule has 2 heterocycles. The average molecular weight is 205 g/mol. The summed E-state index contributed by atoms with van der Waals surface area (Å²) in [6.45, 7) is 4.01. The van der Waals surface area contributed by atoms with Gasteiger partial charge >= 0.3 is 0 Å². The van der Waals surface area contributed by atoms with Crippen molar-refractivity contribution in [3.8, 4) is 11.5 Å². The first kappa shape index (κ1) is 9.98. The van der Waals surface area contributed by atoms with Crippen molar-refractivity contribution in [3.63, 3.8) is 0 Å². The maximum Gasteiger partial charge on any atom is 0.154 e. The molecule has 2 aromatic heterocycles.